The summed E-state index contributed by atoms with van der Waals surface area (Å²) in [5.41, 5.74) is 1.83. The molecule has 2 aliphatic heterocycles. The van der Waals surface area contributed by atoms with Gasteiger partial charge in [-0.15, -0.1) is 0 Å². The van der Waals surface area contributed by atoms with Gasteiger partial charge in [-0.1, -0.05) is 29.8 Å². The van der Waals surface area contributed by atoms with Gasteiger partial charge < -0.3 is 10.1 Å². The van der Waals surface area contributed by atoms with Gasteiger partial charge in [0.15, 0.2) is 0 Å². The van der Waals surface area contributed by atoms with Gasteiger partial charge in [-0.05, 0) is 30.2 Å². The molecule has 5 rings (SSSR count). The normalized spacial score (nSPS) is 24.1. The highest BCUT2D eigenvalue weighted by atomic mass is 35.5. The second kappa shape index (κ2) is 6.32. The SMILES string of the molecule is O=c1[nH]nc2c3c(cc(F)cc13)NC(C1CCOC1)C2c1ccccc1Cl. The number of benzene rings is 2. The standard InChI is InChI=1S/C20H17ClFN3O2/c21-14-4-2-1-3-12(14)17-18(10-5-6-27-9-10)23-15-8-11(22)7-13-16(15)19(17)24-25-20(13)26/h1-4,7-8,10,17-18,23H,5-6,9H2,(H,25,26). The summed E-state index contributed by atoms with van der Waals surface area (Å²) >= 11 is 6.53. The number of halogens is 2. The monoisotopic (exact) mass is 385 g/mol. The Morgan fingerprint density at radius 2 is 2.11 bits per heavy atom. The van der Waals surface area contributed by atoms with Crippen LogP contribution in [-0.4, -0.2) is 29.5 Å². The molecule has 1 saturated heterocycles. The van der Waals surface area contributed by atoms with Crippen molar-refractivity contribution in [2.45, 2.75) is 18.4 Å². The lowest BCUT2D eigenvalue weighted by atomic mass is 9.77. The summed E-state index contributed by atoms with van der Waals surface area (Å²) in [4.78, 5) is 12.3. The lowest BCUT2D eigenvalue weighted by molar-refractivity contribution is 0.180. The summed E-state index contributed by atoms with van der Waals surface area (Å²) < 4.78 is 19.8. The van der Waals surface area contributed by atoms with Crippen molar-refractivity contribution in [1.29, 1.82) is 0 Å². The van der Waals surface area contributed by atoms with E-state index in [9.17, 15) is 9.18 Å². The van der Waals surface area contributed by atoms with Crippen molar-refractivity contribution in [2.24, 2.45) is 5.92 Å². The van der Waals surface area contributed by atoms with Crippen LogP contribution in [0, 0.1) is 11.7 Å². The third-order valence-corrected chi connectivity index (χ3v) is 5.91. The summed E-state index contributed by atoms with van der Waals surface area (Å²) in [7, 11) is 0. The van der Waals surface area contributed by atoms with Crippen LogP contribution in [0.15, 0.2) is 41.2 Å². The quantitative estimate of drug-likeness (QED) is 0.706. The van der Waals surface area contributed by atoms with Crippen LogP contribution in [0.2, 0.25) is 5.02 Å². The highest BCUT2D eigenvalue weighted by Gasteiger charge is 2.40. The molecule has 3 atom stereocenters. The molecule has 0 amide bonds. The molecule has 7 heteroatoms. The van der Waals surface area contributed by atoms with Crippen molar-refractivity contribution in [3.63, 3.8) is 0 Å². The van der Waals surface area contributed by atoms with Gasteiger partial charge in [0, 0.05) is 34.7 Å². The van der Waals surface area contributed by atoms with Crippen LogP contribution in [0.4, 0.5) is 10.1 Å². The van der Waals surface area contributed by atoms with E-state index < -0.39 is 11.4 Å². The molecule has 2 N–H and O–H groups in total. The Hall–Kier alpha value is -2.44. The van der Waals surface area contributed by atoms with Gasteiger partial charge >= 0.3 is 0 Å². The number of anilines is 1. The Balaban J connectivity index is 1.80. The van der Waals surface area contributed by atoms with Gasteiger partial charge in [0.2, 0.25) is 0 Å². The predicted octanol–water partition coefficient (Wildman–Crippen LogP) is 3.68. The average Bonchev–Trinajstić information content (AvgIpc) is 3.19. The lowest BCUT2D eigenvalue weighted by Gasteiger charge is -2.37. The molecule has 1 fully saturated rings. The Labute approximate surface area is 159 Å². The zero-order chi connectivity index (χ0) is 18.5. The van der Waals surface area contributed by atoms with E-state index in [1.807, 2.05) is 24.3 Å². The van der Waals surface area contributed by atoms with E-state index in [2.05, 4.69) is 15.5 Å². The Morgan fingerprint density at radius 1 is 1.26 bits per heavy atom. The molecule has 0 aliphatic carbocycles. The first kappa shape index (κ1) is 16.7. The zero-order valence-corrected chi connectivity index (χ0v) is 15.1. The maximum absolute atomic E-state index is 14.1. The number of hydrogen-bond acceptors (Lipinski definition) is 4. The van der Waals surface area contributed by atoms with E-state index >= 15 is 0 Å². The summed E-state index contributed by atoms with van der Waals surface area (Å²) in [5.74, 6) is -0.403. The highest BCUT2D eigenvalue weighted by molar-refractivity contribution is 6.31. The summed E-state index contributed by atoms with van der Waals surface area (Å²) in [6.45, 7) is 1.32. The summed E-state index contributed by atoms with van der Waals surface area (Å²) in [6.07, 6.45) is 0.899. The fourth-order valence-electron chi connectivity index (χ4n) is 4.35. The highest BCUT2D eigenvalue weighted by Crippen LogP contribution is 2.45. The van der Waals surface area contributed by atoms with E-state index in [1.54, 1.807) is 0 Å². The molecule has 138 valence electrons. The molecule has 3 heterocycles. The van der Waals surface area contributed by atoms with Gasteiger partial charge in [-0.3, -0.25) is 4.79 Å². The molecular formula is C20H17ClFN3O2. The fourth-order valence-corrected chi connectivity index (χ4v) is 4.61. The number of aromatic nitrogens is 2. The molecule has 27 heavy (non-hydrogen) atoms. The third kappa shape index (κ3) is 2.63. The number of rotatable bonds is 2. The van der Waals surface area contributed by atoms with Crippen LogP contribution in [0.3, 0.4) is 0 Å². The van der Waals surface area contributed by atoms with Crippen LogP contribution in [0.5, 0.6) is 0 Å². The minimum Gasteiger partial charge on any atom is -0.381 e. The van der Waals surface area contributed by atoms with Crippen molar-refractivity contribution in [3.8, 4) is 0 Å². The minimum absolute atomic E-state index is 0.0664. The molecule has 2 aliphatic rings. The minimum atomic E-state index is -0.453. The lowest BCUT2D eigenvalue weighted by Crippen LogP contribution is -2.40. The first-order valence-corrected chi connectivity index (χ1v) is 9.32. The molecule has 0 saturated carbocycles. The van der Waals surface area contributed by atoms with Crippen LogP contribution in [0.25, 0.3) is 10.8 Å². The smallest absolute Gasteiger partial charge is 0.272 e. The molecule has 0 bridgehead atoms. The molecule has 5 nitrogen and oxygen atoms in total. The van der Waals surface area contributed by atoms with Crippen molar-refractivity contribution in [2.75, 3.05) is 18.5 Å². The van der Waals surface area contributed by atoms with E-state index in [0.29, 0.717) is 40.4 Å². The topological polar surface area (TPSA) is 67.0 Å². The molecule has 3 unspecified atom stereocenters. The predicted molar refractivity (Wildman–Crippen MR) is 102 cm³/mol. The van der Waals surface area contributed by atoms with Crippen LogP contribution in [0.1, 0.15) is 23.6 Å². The molecule has 1 aromatic heterocycles. The van der Waals surface area contributed by atoms with Gasteiger partial charge in [-0.25, -0.2) is 9.49 Å². The Morgan fingerprint density at radius 3 is 2.89 bits per heavy atom. The number of nitrogens with zero attached hydrogens (tertiary/aromatic N) is 1. The summed E-state index contributed by atoms with van der Waals surface area (Å²) in [5, 5.41) is 12.0. The number of nitrogens with one attached hydrogen (secondary N) is 2. The molecular weight excluding hydrogens is 369 g/mol. The number of hydrogen-bond donors (Lipinski definition) is 2. The maximum Gasteiger partial charge on any atom is 0.272 e. The molecule has 0 spiro atoms. The van der Waals surface area contributed by atoms with Crippen molar-refractivity contribution >= 4 is 28.1 Å². The van der Waals surface area contributed by atoms with E-state index in [0.717, 1.165) is 12.0 Å². The van der Waals surface area contributed by atoms with Crippen molar-refractivity contribution in [1.82, 2.24) is 10.2 Å². The van der Waals surface area contributed by atoms with Crippen molar-refractivity contribution in [3.05, 3.63) is 68.8 Å². The first-order valence-electron chi connectivity index (χ1n) is 8.94. The van der Waals surface area contributed by atoms with Crippen LogP contribution in [-0.2, 0) is 4.74 Å². The molecule has 2 aromatic carbocycles. The van der Waals surface area contributed by atoms with Gasteiger partial charge in [-0.2, -0.15) is 5.10 Å². The zero-order valence-electron chi connectivity index (χ0n) is 14.3. The Kier molecular flexibility index (Phi) is 3.91. The largest absolute Gasteiger partial charge is 0.381 e. The third-order valence-electron chi connectivity index (χ3n) is 5.57. The van der Waals surface area contributed by atoms with Gasteiger partial charge in [0.1, 0.15) is 5.82 Å². The summed E-state index contributed by atoms with van der Waals surface area (Å²) in [6, 6.07) is 10.3. The van der Waals surface area contributed by atoms with E-state index in [-0.39, 0.29) is 17.9 Å². The second-order valence-corrected chi connectivity index (χ2v) is 7.51. The number of ether oxygens (including phenoxy) is 1. The molecule has 0 radical (unpaired) electrons. The van der Waals surface area contributed by atoms with Crippen LogP contribution >= 0.6 is 11.6 Å². The second-order valence-electron chi connectivity index (χ2n) is 7.11. The van der Waals surface area contributed by atoms with Crippen LogP contribution < -0.4 is 10.9 Å². The Bertz CT molecular complexity index is 1090. The number of aromatic amines is 1. The van der Waals surface area contributed by atoms with E-state index in [1.165, 1.54) is 12.1 Å². The van der Waals surface area contributed by atoms with Crippen molar-refractivity contribution < 1.29 is 9.13 Å². The first-order chi connectivity index (χ1) is 13.1. The van der Waals surface area contributed by atoms with Gasteiger partial charge in [0.05, 0.1) is 23.6 Å². The van der Waals surface area contributed by atoms with Gasteiger partial charge in [0.25, 0.3) is 5.56 Å². The molecule has 3 aromatic rings. The average molecular weight is 386 g/mol. The fraction of sp³-hybridized carbons (Fsp3) is 0.300. The van der Waals surface area contributed by atoms with E-state index in [4.69, 9.17) is 16.3 Å². The number of H-pyrrole nitrogens is 1. The maximum atomic E-state index is 14.1.